The Morgan fingerprint density at radius 3 is 2.79 bits per heavy atom. The van der Waals surface area contributed by atoms with E-state index in [-0.39, 0.29) is 11.5 Å². The molecule has 2 heteroatoms. The molecule has 0 aromatic carbocycles. The predicted molar refractivity (Wildman–Crippen MR) is 58.6 cm³/mol. The van der Waals surface area contributed by atoms with E-state index in [4.69, 9.17) is 5.73 Å². The Balaban J connectivity index is 2.38. The van der Waals surface area contributed by atoms with Gasteiger partial charge in [-0.1, -0.05) is 26.0 Å². The highest BCUT2D eigenvalue weighted by Gasteiger charge is 2.35. The number of hydrogen-bond acceptors (Lipinski definition) is 2. The molecule has 0 spiro atoms. The van der Waals surface area contributed by atoms with E-state index in [1.165, 1.54) is 11.1 Å². The summed E-state index contributed by atoms with van der Waals surface area (Å²) in [4.78, 5) is 4.14. The summed E-state index contributed by atoms with van der Waals surface area (Å²) in [6.45, 7) is 4.40. The van der Waals surface area contributed by atoms with Crippen molar-refractivity contribution in [2.45, 2.75) is 26.3 Å². The van der Waals surface area contributed by atoms with Gasteiger partial charge >= 0.3 is 0 Å². The van der Waals surface area contributed by atoms with Gasteiger partial charge in [-0.2, -0.15) is 0 Å². The largest absolute Gasteiger partial charge is 0.327 e. The lowest BCUT2D eigenvalue weighted by Gasteiger charge is -2.28. The molecule has 1 heterocycles. The van der Waals surface area contributed by atoms with Gasteiger partial charge in [0.1, 0.15) is 0 Å². The molecule has 2 rings (SSSR count). The number of aromatic nitrogens is 1. The topological polar surface area (TPSA) is 38.9 Å². The molecule has 1 aliphatic carbocycles. The summed E-state index contributed by atoms with van der Waals surface area (Å²) in [5.41, 5.74) is 8.67. The molecule has 74 valence electrons. The zero-order chi connectivity index (χ0) is 10.2. The number of rotatable bonds is 1. The molecule has 1 aromatic rings. The maximum Gasteiger partial charge on any atom is 0.0343 e. The normalized spacial score (nSPS) is 24.8. The van der Waals surface area contributed by atoms with Gasteiger partial charge in [-0.15, -0.1) is 0 Å². The molecule has 14 heavy (non-hydrogen) atoms. The van der Waals surface area contributed by atoms with Gasteiger partial charge in [0, 0.05) is 23.9 Å². The van der Waals surface area contributed by atoms with Gasteiger partial charge in [0.15, 0.2) is 0 Å². The van der Waals surface area contributed by atoms with Crippen LogP contribution < -0.4 is 5.73 Å². The summed E-state index contributed by atoms with van der Waals surface area (Å²) in [5, 5.41) is 0. The van der Waals surface area contributed by atoms with Crippen molar-refractivity contribution in [2.24, 2.45) is 11.1 Å². The van der Waals surface area contributed by atoms with Gasteiger partial charge in [-0.05, 0) is 23.6 Å². The Labute approximate surface area is 84.9 Å². The quantitative estimate of drug-likeness (QED) is 0.734. The first kappa shape index (κ1) is 9.41. The molecular weight excluding hydrogens is 172 g/mol. The van der Waals surface area contributed by atoms with Crippen molar-refractivity contribution < 1.29 is 0 Å². The minimum absolute atomic E-state index is 0.0725. The Kier molecular flexibility index (Phi) is 2.16. The molecule has 0 saturated carbocycles. The average molecular weight is 188 g/mol. The second-order valence-corrected chi connectivity index (χ2v) is 4.42. The van der Waals surface area contributed by atoms with E-state index in [0.717, 1.165) is 6.42 Å². The van der Waals surface area contributed by atoms with E-state index in [2.05, 4.69) is 31.0 Å². The molecule has 0 bridgehead atoms. The molecule has 1 aromatic heterocycles. The molecule has 0 aliphatic heterocycles. The van der Waals surface area contributed by atoms with Crippen molar-refractivity contribution in [3.63, 3.8) is 0 Å². The van der Waals surface area contributed by atoms with Crippen molar-refractivity contribution in [2.75, 3.05) is 0 Å². The van der Waals surface area contributed by atoms with E-state index in [1.807, 2.05) is 12.3 Å². The van der Waals surface area contributed by atoms with E-state index < -0.39 is 0 Å². The van der Waals surface area contributed by atoms with E-state index in [9.17, 15) is 0 Å². The molecule has 1 atom stereocenters. The molecule has 1 aliphatic rings. The van der Waals surface area contributed by atoms with Crippen LogP contribution in [-0.4, -0.2) is 11.0 Å². The molecule has 0 fully saturated rings. The lowest BCUT2D eigenvalue weighted by Crippen LogP contribution is -2.33. The van der Waals surface area contributed by atoms with Crippen LogP contribution in [-0.2, 0) is 0 Å². The minimum atomic E-state index is 0.0725. The minimum Gasteiger partial charge on any atom is -0.327 e. The number of nitrogens with two attached hydrogens (primary N) is 1. The highest BCUT2D eigenvalue weighted by Crippen LogP contribution is 2.42. The van der Waals surface area contributed by atoms with Gasteiger partial charge in [0.25, 0.3) is 0 Å². The summed E-state index contributed by atoms with van der Waals surface area (Å²) in [5.74, 6) is 0. The van der Waals surface area contributed by atoms with Crippen LogP contribution in [0.15, 0.2) is 30.6 Å². The van der Waals surface area contributed by atoms with E-state index in [0.29, 0.717) is 0 Å². The lowest BCUT2D eigenvalue weighted by atomic mass is 9.80. The first-order chi connectivity index (χ1) is 6.62. The summed E-state index contributed by atoms with van der Waals surface area (Å²) in [6, 6.07) is 4.30. The first-order valence-corrected chi connectivity index (χ1v) is 4.99. The second kappa shape index (κ2) is 3.21. The van der Waals surface area contributed by atoms with Crippen molar-refractivity contribution in [3.05, 3.63) is 36.2 Å². The first-order valence-electron chi connectivity index (χ1n) is 4.99. The highest BCUT2D eigenvalue weighted by atomic mass is 14.7. The fraction of sp³-hybridized carbons (Fsp3) is 0.417. The van der Waals surface area contributed by atoms with Gasteiger partial charge in [0.2, 0.25) is 0 Å². The monoisotopic (exact) mass is 188 g/mol. The standard InChI is InChI=1S/C12H16N2/c1-12(2)10(5-6-11(12)13)9-4-3-7-14-8-9/h3-5,7-8,11H,6,13H2,1-2H3. The Hall–Kier alpha value is -1.15. The lowest BCUT2D eigenvalue weighted by molar-refractivity contribution is 0.412. The molecular formula is C12H16N2. The third kappa shape index (κ3) is 1.36. The molecule has 0 amide bonds. The van der Waals surface area contributed by atoms with Crippen LogP contribution >= 0.6 is 0 Å². The van der Waals surface area contributed by atoms with Crippen LogP contribution in [0.4, 0.5) is 0 Å². The van der Waals surface area contributed by atoms with Gasteiger partial charge in [-0.3, -0.25) is 4.98 Å². The van der Waals surface area contributed by atoms with E-state index >= 15 is 0 Å². The molecule has 0 radical (unpaired) electrons. The fourth-order valence-corrected chi connectivity index (χ4v) is 2.01. The summed E-state index contributed by atoms with van der Waals surface area (Å²) < 4.78 is 0. The maximum atomic E-state index is 6.07. The maximum absolute atomic E-state index is 6.07. The predicted octanol–water partition coefficient (Wildman–Crippen LogP) is 2.22. The smallest absolute Gasteiger partial charge is 0.0343 e. The zero-order valence-electron chi connectivity index (χ0n) is 8.70. The Morgan fingerprint density at radius 1 is 1.50 bits per heavy atom. The SMILES string of the molecule is CC1(C)C(c2cccnc2)=CCC1N. The fourth-order valence-electron chi connectivity index (χ4n) is 2.01. The van der Waals surface area contributed by atoms with Gasteiger partial charge in [-0.25, -0.2) is 0 Å². The average Bonchev–Trinajstić information content (AvgIpc) is 2.44. The number of nitrogens with zero attached hydrogens (tertiary/aromatic N) is 1. The van der Waals surface area contributed by atoms with Gasteiger partial charge in [0.05, 0.1) is 0 Å². The van der Waals surface area contributed by atoms with Crippen LogP contribution in [0.2, 0.25) is 0 Å². The van der Waals surface area contributed by atoms with Crippen LogP contribution in [0.5, 0.6) is 0 Å². The summed E-state index contributed by atoms with van der Waals surface area (Å²) in [7, 11) is 0. The second-order valence-electron chi connectivity index (χ2n) is 4.42. The van der Waals surface area contributed by atoms with Crippen LogP contribution in [0, 0.1) is 5.41 Å². The van der Waals surface area contributed by atoms with Gasteiger partial charge < -0.3 is 5.73 Å². The van der Waals surface area contributed by atoms with Crippen LogP contribution in [0.1, 0.15) is 25.8 Å². The van der Waals surface area contributed by atoms with Crippen molar-refractivity contribution >= 4 is 5.57 Å². The van der Waals surface area contributed by atoms with Crippen molar-refractivity contribution in [1.82, 2.24) is 4.98 Å². The third-order valence-corrected chi connectivity index (χ3v) is 3.17. The zero-order valence-corrected chi connectivity index (χ0v) is 8.70. The molecule has 1 unspecified atom stereocenters. The highest BCUT2D eigenvalue weighted by molar-refractivity contribution is 5.72. The summed E-state index contributed by atoms with van der Waals surface area (Å²) >= 11 is 0. The Morgan fingerprint density at radius 2 is 2.29 bits per heavy atom. The van der Waals surface area contributed by atoms with Crippen molar-refractivity contribution in [1.29, 1.82) is 0 Å². The number of hydrogen-bond donors (Lipinski definition) is 1. The molecule has 2 nitrogen and oxygen atoms in total. The van der Waals surface area contributed by atoms with Crippen molar-refractivity contribution in [3.8, 4) is 0 Å². The third-order valence-electron chi connectivity index (χ3n) is 3.17. The number of pyridine rings is 1. The molecule has 0 saturated heterocycles. The van der Waals surface area contributed by atoms with E-state index in [1.54, 1.807) is 6.20 Å². The molecule has 2 N–H and O–H groups in total. The van der Waals surface area contributed by atoms with Crippen LogP contribution in [0.25, 0.3) is 5.57 Å². The Bertz CT molecular complexity index is 352. The van der Waals surface area contributed by atoms with Crippen LogP contribution in [0.3, 0.4) is 0 Å². The summed E-state index contributed by atoms with van der Waals surface area (Å²) in [6.07, 6.45) is 6.91.